The summed E-state index contributed by atoms with van der Waals surface area (Å²) in [5, 5.41) is 2.77. The molecule has 2 N–H and O–H groups in total. The van der Waals surface area contributed by atoms with E-state index in [0.29, 0.717) is 23.9 Å². The molecule has 1 aliphatic carbocycles. The van der Waals surface area contributed by atoms with Gasteiger partial charge in [0, 0.05) is 17.8 Å². The average molecular weight is 432 g/mol. The first kappa shape index (κ1) is 21.8. The van der Waals surface area contributed by atoms with Gasteiger partial charge in [0.2, 0.25) is 10.0 Å². The first-order valence-electron chi connectivity index (χ1n) is 9.50. The van der Waals surface area contributed by atoms with E-state index >= 15 is 0 Å². The van der Waals surface area contributed by atoms with Crippen LogP contribution in [0.5, 0.6) is 5.75 Å². The largest absolute Gasteiger partial charge is 0.482 e. The van der Waals surface area contributed by atoms with Gasteiger partial charge >= 0.3 is 5.97 Å². The molecule has 0 radical (unpaired) electrons. The molecule has 0 atom stereocenters. The Hall–Kier alpha value is -2.91. The van der Waals surface area contributed by atoms with E-state index in [2.05, 4.69) is 14.8 Å². The Kier molecular flexibility index (Phi) is 6.73. The zero-order chi connectivity index (χ0) is 21.7. The van der Waals surface area contributed by atoms with Crippen LogP contribution in [0.2, 0.25) is 0 Å². The van der Waals surface area contributed by atoms with Crippen LogP contribution in [-0.2, 0) is 19.6 Å². The maximum absolute atomic E-state index is 12.6. The van der Waals surface area contributed by atoms with Gasteiger partial charge < -0.3 is 14.8 Å². The molecule has 30 heavy (non-hydrogen) atoms. The lowest BCUT2D eigenvalue weighted by atomic mass is 10.1. The molecular weight excluding hydrogens is 408 g/mol. The van der Waals surface area contributed by atoms with Crippen LogP contribution in [0.25, 0.3) is 0 Å². The Morgan fingerprint density at radius 2 is 1.90 bits per heavy atom. The lowest BCUT2D eigenvalue weighted by Crippen LogP contribution is -2.26. The maximum atomic E-state index is 12.6. The van der Waals surface area contributed by atoms with E-state index in [1.807, 2.05) is 0 Å². The van der Waals surface area contributed by atoms with Crippen LogP contribution >= 0.6 is 0 Å². The van der Waals surface area contributed by atoms with E-state index in [0.717, 1.165) is 18.4 Å². The van der Waals surface area contributed by atoms with Crippen molar-refractivity contribution in [3.05, 3.63) is 53.6 Å². The lowest BCUT2D eigenvalue weighted by molar-refractivity contribution is -0.142. The third-order valence-corrected chi connectivity index (χ3v) is 6.12. The number of hydrogen-bond donors (Lipinski definition) is 2. The van der Waals surface area contributed by atoms with Crippen molar-refractivity contribution in [1.82, 2.24) is 4.72 Å². The number of rotatable bonds is 9. The molecule has 0 aromatic heterocycles. The minimum atomic E-state index is -3.66. The Morgan fingerprint density at radius 3 is 2.57 bits per heavy atom. The number of hydrogen-bond acceptors (Lipinski definition) is 6. The molecule has 0 heterocycles. The van der Waals surface area contributed by atoms with E-state index in [1.54, 1.807) is 31.2 Å². The van der Waals surface area contributed by atoms with Gasteiger partial charge in [-0.3, -0.25) is 4.79 Å². The molecular formula is C21H24N2O6S. The van der Waals surface area contributed by atoms with Crippen molar-refractivity contribution in [1.29, 1.82) is 0 Å². The summed E-state index contributed by atoms with van der Waals surface area (Å²) in [7, 11) is -2.38. The first-order valence-corrected chi connectivity index (χ1v) is 11.0. The van der Waals surface area contributed by atoms with Gasteiger partial charge in [-0.05, 0) is 67.6 Å². The van der Waals surface area contributed by atoms with E-state index in [9.17, 15) is 18.0 Å². The van der Waals surface area contributed by atoms with Gasteiger partial charge in [0.25, 0.3) is 5.91 Å². The fraction of sp³-hybridized carbons (Fsp3) is 0.333. The molecule has 160 valence electrons. The van der Waals surface area contributed by atoms with Crippen LogP contribution in [0.15, 0.2) is 47.4 Å². The number of aryl methyl sites for hydroxylation is 1. The second-order valence-corrected chi connectivity index (χ2v) is 8.89. The van der Waals surface area contributed by atoms with Gasteiger partial charge in [-0.2, -0.15) is 0 Å². The molecule has 8 nitrogen and oxygen atoms in total. The number of benzene rings is 2. The summed E-state index contributed by atoms with van der Waals surface area (Å²) in [5.41, 5.74) is 1.50. The third-order valence-electron chi connectivity index (χ3n) is 4.70. The number of carbonyl (C=O) groups is 2. The van der Waals surface area contributed by atoms with Crippen molar-refractivity contribution in [3.8, 4) is 5.75 Å². The summed E-state index contributed by atoms with van der Waals surface area (Å²) in [5.74, 6) is -0.0495. The Bertz CT molecular complexity index is 1050. The van der Waals surface area contributed by atoms with Gasteiger partial charge in [0.15, 0.2) is 6.61 Å². The van der Waals surface area contributed by atoms with Crippen LogP contribution in [0, 0.1) is 12.8 Å². The predicted octanol–water partition coefficient (Wildman–Crippen LogP) is 2.49. The van der Waals surface area contributed by atoms with Gasteiger partial charge in [-0.1, -0.05) is 6.07 Å². The number of nitrogens with one attached hydrogen (secondary N) is 2. The fourth-order valence-corrected chi connectivity index (χ4v) is 3.86. The van der Waals surface area contributed by atoms with Crippen molar-refractivity contribution in [3.63, 3.8) is 0 Å². The van der Waals surface area contributed by atoms with Crippen molar-refractivity contribution in [2.75, 3.05) is 25.6 Å². The summed E-state index contributed by atoms with van der Waals surface area (Å²) < 4.78 is 37.3. The van der Waals surface area contributed by atoms with Gasteiger partial charge in [-0.25, -0.2) is 17.9 Å². The number of anilines is 1. The summed E-state index contributed by atoms with van der Waals surface area (Å²) in [6.45, 7) is 1.99. The van der Waals surface area contributed by atoms with Crippen LogP contribution in [0.1, 0.15) is 28.8 Å². The number of esters is 1. The summed E-state index contributed by atoms with van der Waals surface area (Å²) in [4.78, 5) is 23.9. The van der Waals surface area contributed by atoms with E-state index < -0.39 is 21.9 Å². The first-order chi connectivity index (χ1) is 14.3. The van der Waals surface area contributed by atoms with Crippen LogP contribution in [0.3, 0.4) is 0 Å². The second-order valence-electron chi connectivity index (χ2n) is 7.12. The zero-order valence-electron chi connectivity index (χ0n) is 16.8. The summed E-state index contributed by atoms with van der Waals surface area (Å²) >= 11 is 0. The molecule has 1 fully saturated rings. The topological polar surface area (TPSA) is 111 Å². The fourth-order valence-electron chi connectivity index (χ4n) is 2.70. The smallest absolute Gasteiger partial charge is 0.343 e. The van der Waals surface area contributed by atoms with Gasteiger partial charge in [0.1, 0.15) is 5.75 Å². The molecule has 0 aliphatic heterocycles. The minimum Gasteiger partial charge on any atom is -0.482 e. The lowest BCUT2D eigenvalue weighted by Gasteiger charge is -2.12. The summed E-state index contributed by atoms with van der Waals surface area (Å²) in [6.07, 6.45) is 2.08. The molecule has 1 saturated carbocycles. The van der Waals surface area contributed by atoms with Crippen molar-refractivity contribution in [2.45, 2.75) is 24.7 Å². The number of sulfonamides is 1. The molecule has 0 unspecified atom stereocenters. The van der Waals surface area contributed by atoms with Crippen LogP contribution in [0.4, 0.5) is 5.69 Å². The standard InChI is InChI=1S/C21H24N2O6S/c1-14-10-17(29-13-20(24)28-2)8-9-19(14)23-21(25)16-4-3-5-18(11-16)30(26,27)22-12-15-6-7-15/h3-5,8-11,15,22H,6-7,12-13H2,1-2H3,(H,23,25). The van der Waals surface area contributed by atoms with E-state index in [-0.39, 0.29) is 17.1 Å². The number of carbonyl (C=O) groups excluding carboxylic acids is 2. The van der Waals surface area contributed by atoms with Gasteiger partial charge in [-0.15, -0.1) is 0 Å². The monoisotopic (exact) mass is 432 g/mol. The quantitative estimate of drug-likeness (QED) is 0.589. The van der Waals surface area contributed by atoms with E-state index in [4.69, 9.17) is 4.74 Å². The van der Waals surface area contributed by atoms with E-state index in [1.165, 1.54) is 25.3 Å². The number of ether oxygens (including phenoxy) is 2. The predicted molar refractivity (Wildman–Crippen MR) is 111 cm³/mol. The van der Waals surface area contributed by atoms with Crippen molar-refractivity contribution >= 4 is 27.6 Å². The molecule has 1 amide bonds. The highest BCUT2D eigenvalue weighted by molar-refractivity contribution is 7.89. The molecule has 3 rings (SSSR count). The molecule has 1 aliphatic rings. The molecule has 2 aromatic rings. The highest BCUT2D eigenvalue weighted by Crippen LogP contribution is 2.28. The number of amides is 1. The third kappa shape index (κ3) is 5.80. The Labute approximate surface area is 175 Å². The molecule has 0 spiro atoms. The normalized spacial score (nSPS) is 13.5. The average Bonchev–Trinajstić information content (AvgIpc) is 3.57. The SMILES string of the molecule is COC(=O)COc1ccc(NC(=O)c2cccc(S(=O)(=O)NCC3CC3)c2)c(C)c1. The molecule has 0 bridgehead atoms. The summed E-state index contributed by atoms with van der Waals surface area (Å²) in [6, 6.07) is 10.9. The minimum absolute atomic E-state index is 0.0547. The second kappa shape index (κ2) is 9.27. The molecule has 9 heteroatoms. The molecule has 0 saturated heterocycles. The Morgan fingerprint density at radius 1 is 1.13 bits per heavy atom. The van der Waals surface area contributed by atoms with Crippen LogP contribution in [-0.4, -0.2) is 40.6 Å². The van der Waals surface area contributed by atoms with Gasteiger partial charge in [0.05, 0.1) is 12.0 Å². The number of methoxy groups -OCH3 is 1. The van der Waals surface area contributed by atoms with Crippen LogP contribution < -0.4 is 14.8 Å². The zero-order valence-corrected chi connectivity index (χ0v) is 17.6. The van der Waals surface area contributed by atoms with Crippen molar-refractivity contribution in [2.24, 2.45) is 5.92 Å². The Balaban J connectivity index is 1.67. The molecule has 2 aromatic carbocycles. The van der Waals surface area contributed by atoms with Crippen molar-refractivity contribution < 1.29 is 27.5 Å². The highest BCUT2D eigenvalue weighted by Gasteiger charge is 2.24. The highest BCUT2D eigenvalue weighted by atomic mass is 32.2. The maximum Gasteiger partial charge on any atom is 0.343 e.